The minimum Gasteiger partial charge on any atom is -0.369 e. The Morgan fingerprint density at radius 2 is 1.47 bits per heavy atom. The monoisotopic (exact) mass is 489 g/mol. The van der Waals surface area contributed by atoms with Crippen molar-refractivity contribution in [1.29, 1.82) is 0 Å². The van der Waals surface area contributed by atoms with E-state index >= 15 is 0 Å². The maximum Gasteiger partial charge on any atom is 0.268 e. The molecule has 0 bridgehead atoms. The van der Waals surface area contributed by atoms with E-state index in [1.165, 1.54) is 3.97 Å². The molecule has 1 saturated heterocycles. The Hall–Kier alpha value is -2.51. The van der Waals surface area contributed by atoms with Gasteiger partial charge in [-0.3, -0.25) is 0 Å². The molecule has 5 nitrogen and oxygen atoms in total. The molecular weight excluding hydrogens is 465 g/mol. The number of hydrogen-bond acceptors (Lipinski definition) is 4. The summed E-state index contributed by atoms with van der Waals surface area (Å²) < 4.78 is 28.7. The van der Waals surface area contributed by atoms with Crippen LogP contribution in [0.25, 0.3) is 22.0 Å². The van der Waals surface area contributed by atoms with Gasteiger partial charge in [0.05, 0.1) is 10.4 Å². The van der Waals surface area contributed by atoms with E-state index in [-0.39, 0.29) is 24.8 Å². The fourth-order valence-electron chi connectivity index (χ4n) is 4.09. The molecule has 1 aliphatic heterocycles. The molecule has 32 heavy (non-hydrogen) atoms. The third kappa shape index (κ3) is 4.36. The van der Waals surface area contributed by atoms with Crippen LogP contribution >= 0.6 is 24.8 Å². The molecule has 1 aromatic heterocycles. The Kier molecular flexibility index (Phi) is 7.51. The molecule has 4 aromatic rings. The number of benzene rings is 3. The summed E-state index contributed by atoms with van der Waals surface area (Å²) in [7, 11) is -3.75. The number of halogens is 2. The Balaban J connectivity index is 0.00000144. The molecule has 0 atom stereocenters. The second-order valence-corrected chi connectivity index (χ2v) is 9.24. The van der Waals surface area contributed by atoms with Crippen molar-refractivity contribution in [2.45, 2.75) is 4.90 Å². The molecule has 0 radical (unpaired) electrons. The lowest BCUT2D eigenvalue weighted by atomic mass is 10.1. The number of anilines is 1. The third-order valence-corrected chi connectivity index (χ3v) is 7.38. The van der Waals surface area contributed by atoms with E-state index in [4.69, 9.17) is 0 Å². The van der Waals surface area contributed by atoms with Crippen molar-refractivity contribution in [1.82, 2.24) is 9.29 Å². The van der Waals surface area contributed by atoms with Crippen LogP contribution in [0.2, 0.25) is 0 Å². The van der Waals surface area contributed by atoms with E-state index in [1.54, 1.807) is 18.3 Å². The highest BCUT2D eigenvalue weighted by atomic mass is 35.5. The number of rotatable bonds is 4. The molecule has 1 N–H and O–H groups in total. The van der Waals surface area contributed by atoms with Crippen LogP contribution in [0.1, 0.15) is 0 Å². The van der Waals surface area contributed by atoms with Gasteiger partial charge in [-0.2, -0.15) is 0 Å². The van der Waals surface area contributed by atoms with Crippen molar-refractivity contribution in [2.75, 3.05) is 31.1 Å². The van der Waals surface area contributed by atoms with Crippen LogP contribution in [0, 0.1) is 0 Å². The van der Waals surface area contributed by atoms with Crippen LogP contribution < -0.4 is 10.2 Å². The quantitative estimate of drug-likeness (QED) is 0.447. The molecule has 1 fully saturated rings. The molecule has 0 saturated carbocycles. The van der Waals surface area contributed by atoms with Gasteiger partial charge in [0.15, 0.2) is 0 Å². The maximum absolute atomic E-state index is 13.6. The van der Waals surface area contributed by atoms with Gasteiger partial charge in [0.1, 0.15) is 0 Å². The number of aromatic nitrogens is 1. The van der Waals surface area contributed by atoms with Crippen molar-refractivity contribution in [3.63, 3.8) is 0 Å². The number of nitrogens with one attached hydrogen (secondary N) is 1. The van der Waals surface area contributed by atoms with Gasteiger partial charge < -0.3 is 10.2 Å². The lowest BCUT2D eigenvalue weighted by molar-refractivity contribution is 0.589. The minimum absolute atomic E-state index is 0. The summed E-state index contributed by atoms with van der Waals surface area (Å²) in [6.07, 6.45) is 1.66. The van der Waals surface area contributed by atoms with Gasteiger partial charge >= 0.3 is 0 Å². The standard InChI is InChI=1S/C24H23N3O2S.2ClH/c28-30(29,24-9-5-4-8-22(24)19-6-2-1-3-7-19)27-15-12-20-18-21(10-11-23(20)27)26-16-13-25-14-17-26;;/h1-12,15,18,25H,13-14,16-17H2;2*1H. The molecule has 8 heteroatoms. The summed E-state index contributed by atoms with van der Waals surface area (Å²) in [5.41, 5.74) is 3.41. The third-order valence-electron chi connectivity index (χ3n) is 5.63. The van der Waals surface area contributed by atoms with Crippen molar-refractivity contribution < 1.29 is 8.42 Å². The summed E-state index contributed by atoms with van der Waals surface area (Å²) in [4.78, 5) is 2.63. The highest BCUT2D eigenvalue weighted by Crippen LogP contribution is 2.31. The van der Waals surface area contributed by atoms with E-state index in [0.29, 0.717) is 16.0 Å². The molecule has 1 aliphatic rings. The average molecular weight is 490 g/mol. The largest absolute Gasteiger partial charge is 0.369 e. The van der Waals surface area contributed by atoms with Gasteiger partial charge in [0.2, 0.25) is 0 Å². The normalized spacial score (nSPS) is 13.9. The molecule has 0 unspecified atom stereocenters. The molecule has 0 amide bonds. The van der Waals surface area contributed by atoms with Crippen LogP contribution in [-0.4, -0.2) is 38.6 Å². The van der Waals surface area contributed by atoms with Crippen LogP contribution in [0.5, 0.6) is 0 Å². The lowest BCUT2D eigenvalue weighted by Crippen LogP contribution is -2.43. The van der Waals surface area contributed by atoms with Crippen molar-refractivity contribution in [3.8, 4) is 11.1 Å². The van der Waals surface area contributed by atoms with Crippen LogP contribution in [0.4, 0.5) is 5.69 Å². The fourth-order valence-corrected chi connectivity index (χ4v) is 5.66. The molecule has 2 heterocycles. The predicted molar refractivity (Wildman–Crippen MR) is 136 cm³/mol. The summed E-state index contributed by atoms with van der Waals surface area (Å²) in [5, 5.41) is 4.28. The molecule has 0 spiro atoms. The van der Waals surface area contributed by atoms with Crippen molar-refractivity contribution in [3.05, 3.63) is 85.1 Å². The van der Waals surface area contributed by atoms with E-state index in [0.717, 1.165) is 42.8 Å². The first kappa shape index (κ1) is 24.1. The highest BCUT2D eigenvalue weighted by Gasteiger charge is 2.23. The highest BCUT2D eigenvalue weighted by molar-refractivity contribution is 7.90. The van der Waals surface area contributed by atoms with Gasteiger partial charge in [-0.1, -0.05) is 48.5 Å². The van der Waals surface area contributed by atoms with Gasteiger partial charge in [0, 0.05) is 49.0 Å². The molecule has 0 aliphatic carbocycles. The lowest BCUT2D eigenvalue weighted by Gasteiger charge is -2.29. The Morgan fingerprint density at radius 1 is 0.781 bits per heavy atom. The maximum atomic E-state index is 13.6. The van der Waals surface area contributed by atoms with Crippen LogP contribution in [-0.2, 0) is 10.0 Å². The molecule has 3 aromatic carbocycles. The van der Waals surface area contributed by atoms with Crippen LogP contribution in [0.3, 0.4) is 0 Å². The molecule has 5 rings (SSSR count). The SMILES string of the molecule is Cl.Cl.O=S(=O)(c1ccccc1-c1ccccc1)n1ccc2cc(N3CCNCC3)ccc21. The molecular formula is C24H25Cl2N3O2S. The van der Waals surface area contributed by atoms with E-state index in [2.05, 4.69) is 16.3 Å². The first-order chi connectivity index (χ1) is 14.6. The van der Waals surface area contributed by atoms with Crippen molar-refractivity contribution in [2.24, 2.45) is 0 Å². The zero-order valence-corrected chi connectivity index (χ0v) is 19.8. The average Bonchev–Trinajstić information content (AvgIpc) is 3.24. The van der Waals surface area contributed by atoms with Gasteiger partial charge in [-0.25, -0.2) is 12.4 Å². The Bertz CT molecular complexity index is 1300. The second kappa shape index (κ2) is 9.96. The second-order valence-electron chi connectivity index (χ2n) is 7.46. The topological polar surface area (TPSA) is 54.3 Å². The zero-order valence-electron chi connectivity index (χ0n) is 17.3. The summed E-state index contributed by atoms with van der Waals surface area (Å²) in [6, 6.07) is 24.7. The Morgan fingerprint density at radius 3 is 2.22 bits per heavy atom. The number of fused-ring (bicyclic) bond motifs is 1. The smallest absolute Gasteiger partial charge is 0.268 e. The fraction of sp³-hybridized carbons (Fsp3) is 0.167. The first-order valence-corrected chi connectivity index (χ1v) is 11.6. The predicted octanol–water partition coefficient (Wildman–Crippen LogP) is 4.80. The Labute approximate surface area is 200 Å². The van der Waals surface area contributed by atoms with E-state index in [9.17, 15) is 8.42 Å². The number of hydrogen-bond donors (Lipinski definition) is 1. The zero-order chi connectivity index (χ0) is 20.6. The summed E-state index contributed by atoms with van der Waals surface area (Å²) in [6.45, 7) is 3.83. The minimum atomic E-state index is -3.75. The summed E-state index contributed by atoms with van der Waals surface area (Å²) >= 11 is 0. The van der Waals surface area contributed by atoms with E-state index in [1.807, 2.05) is 60.7 Å². The molecule has 168 valence electrons. The van der Waals surface area contributed by atoms with Gasteiger partial charge in [0.25, 0.3) is 10.0 Å². The van der Waals surface area contributed by atoms with Gasteiger partial charge in [-0.15, -0.1) is 24.8 Å². The number of nitrogens with zero attached hydrogens (tertiary/aromatic N) is 2. The van der Waals surface area contributed by atoms with E-state index < -0.39 is 10.0 Å². The first-order valence-electron chi connectivity index (χ1n) is 10.1. The summed E-state index contributed by atoms with van der Waals surface area (Å²) in [5.74, 6) is 0. The van der Waals surface area contributed by atoms with Crippen LogP contribution in [0.15, 0.2) is 90.0 Å². The van der Waals surface area contributed by atoms with Crippen molar-refractivity contribution >= 4 is 51.4 Å². The number of piperazine rings is 1. The van der Waals surface area contributed by atoms with Gasteiger partial charge in [-0.05, 0) is 35.9 Å².